The number of hydrogen-bond acceptors (Lipinski definition) is 5. The number of sulfonamides is 1. The van der Waals surface area contributed by atoms with E-state index in [1.54, 1.807) is 12.1 Å². The Kier molecular flexibility index (Phi) is 5.17. The summed E-state index contributed by atoms with van der Waals surface area (Å²) in [4.78, 5) is 16.5. The van der Waals surface area contributed by atoms with Crippen molar-refractivity contribution in [2.45, 2.75) is 10.8 Å². The van der Waals surface area contributed by atoms with Crippen LogP contribution in [0.5, 0.6) is 0 Å². The summed E-state index contributed by atoms with van der Waals surface area (Å²) < 4.78 is 25.3. The van der Waals surface area contributed by atoms with Gasteiger partial charge in [-0.05, 0) is 24.3 Å². The van der Waals surface area contributed by atoms with Crippen molar-refractivity contribution in [3.63, 3.8) is 0 Å². The summed E-state index contributed by atoms with van der Waals surface area (Å²) in [6.45, 7) is 0.245. The summed E-state index contributed by atoms with van der Waals surface area (Å²) in [7, 11) is -0.485. The highest BCUT2D eigenvalue weighted by molar-refractivity contribution is 7.91. The van der Waals surface area contributed by atoms with E-state index in [1.165, 1.54) is 32.4 Å². The highest BCUT2D eigenvalue weighted by Gasteiger charge is 2.19. The molecule has 0 spiro atoms. The van der Waals surface area contributed by atoms with Gasteiger partial charge in [0.05, 0.1) is 12.1 Å². The SMILES string of the molecule is CN(C)S(=O)(=O)c1ccc(CNC(=O)c2ccc(Cl)nc2)s1. The molecule has 0 aromatic carbocycles. The molecule has 6 nitrogen and oxygen atoms in total. The topological polar surface area (TPSA) is 79.4 Å². The van der Waals surface area contributed by atoms with Gasteiger partial charge in [0.2, 0.25) is 0 Å². The smallest absolute Gasteiger partial charge is 0.253 e. The van der Waals surface area contributed by atoms with Gasteiger partial charge in [-0.25, -0.2) is 17.7 Å². The van der Waals surface area contributed by atoms with Crippen LogP contribution in [0.4, 0.5) is 0 Å². The zero-order valence-corrected chi connectivity index (χ0v) is 14.3. The summed E-state index contributed by atoms with van der Waals surface area (Å²) >= 11 is 6.78. The van der Waals surface area contributed by atoms with Crippen molar-refractivity contribution >= 4 is 38.9 Å². The monoisotopic (exact) mass is 359 g/mol. The highest BCUT2D eigenvalue weighted by atomic mass is 35.5. The first-order chi connectivity index (χ1) is 10.3. The molecule has 0 aliphatic carbocycles. The van der Waals surface area contributed by atoms with Crippen LogP contribution in [0.1, 0.15) is 15.2 Å². The van der Waals surface area contributed by atoms with E-state index < -0.39 is 10.0 Å². The molecule has 0 aliphatic rings. The Morgan fingerprint density at radius 3 is 2.64 bits per heavy atom. The molecule has 0 atom stereocenters. The minimum Gasteiger partial charge on any atom is -0.347 e. The second-order valence-corrected chi connectivity index (χ2v) is 8.49. The summed E-state index contributed by atoms with van der Waals surface area (Å²) in [5.41, 5.74) is 0.391. The van der Waals surface area contributed by atoms with Crippen LogP contribution in [-0.4, -0.2) is 37.7 Å². The first-order valence-electron chi connectivity index (χ1n) is 6.21. The van der Waals surface area contributed by atoms with E-state index in [-0.39, 0.29) is 16.7 Å². The largest absolute Gasteiger partial charge is 0.347 e. The van der Waals surface area contributed by atoms with Gasteiger partial charge < -0.3 is 5.32 Å². The third kappa shape index (κ3) is 3.83. The molecule has 0 unspecified atom stereocenters. The van der Waals surface area contributed by atoms with E-state index in [1.807, 2.05) is 0 Å². The molecule has 2 aromatic rings. The van der Waals surface area contributed by atoms with Crippen molar-refractivity contribution < 1.29 is 13.2 Å². The average Bonchev–Trinajstić information content (AvgIpc) is 2.95. The van der Waals surface area contributed by atoms with Gasteiger partial charge in [0.1, 0.15) is 9.36 Å². The van der Waals surface area contributed by atoms with Gasteiger partial charge in [-0.3, -0.25) is 4.79 Å². The first-order valence-corrected chi connectivity index (χ1v) is 8.85. The lowest BCUT2D eigenvalue weighted by molar-refractivity contribution is 0.0951. The van der Waals surface area contributed by atoms with Crippen LogP contribution in [-0.2, 0) is 16.6 Å². The molecule has 2 heterocycles. The van der Waals surface area contributed by atoms with Crippen molar-refractivity contribution in [1.29, 1.82) is 0 Å². The van der Waals surface area contributed by atoms with E-state index in [9.17, 15) is 13.2 Å². The minimum absolute atomic E-state index is 0.245. The molecule has 0 aliphatic heterocycles. The molecule has 0 radical (unpaired) electrons. The molecule has 22 heavy (non-hydrogen) atoms. The molecule has 0 saturated carbocycles. The summed E-state index contributed by atoms with van der Waals surface area (Å²) in [5.74, 6) is -0.297. The average molecular weight is 360 g/mol. The van der Waals surface area contributed by atoms with Gasteiger partial charge in [0.25, 0.3) is 15.9 Å². The lowest BCUT2D eigenvalue weighted by Gasteiger charge is -2.08. The van der Waals surface area contributed by atoms with Crippen LogP contribution in [0.2, 0.25) is 5.15 Å². The molecule has 0 saturated heterocycles. The van der Waals surface area contributed by atoms with Crippen molar-refractivity contribution in [3.05, 3.63) is 46.1 Å². The van der Waals surface area contributed by atoms with Crippen LogP contribution in [0, 0.1) is 0 Å². The fraction of sp³-hybridized carbons (Fsp3) is 0.231. The first kappa shape index (κ1) is 16.9. The fourth-order valence-corrected chi connectivity index (χ4v) is 4.13. The molecule has 2 rings (SSSR count). The Morgan fingerprint density at radius 2 is 2.05 bits per heavy atom. The lowest BCUT2D eigenvalue weighted by atomic mass is 10.2. The van der Waals surface area contributed by atoms with Gasteiger partial charge in [-0.2, -0.15) is 0 Å². The number of nitrogens with zero attached hydrogens (tertiary/aromatic N) is 2. The van der Waals surface area contributed by atoms with Crippen molar-refractivity contribution in [2.75, 3.05) is 14.1 Å². The second-order valence-electron chi connectivity index (χ2n) is 4.56. The van der Waals surface area contributed by atoms with Gasteiger partial charge in [0.15, 0.2) is 0 Å². The molecule has 0 fully saturated rings. The van der Waals surface area contributed by atoms with Crippen LogP contribution >= 0.6 is 22.9 Å². The van der Waals surface area contributed by atoms with Crippen molar-refractivity contribution in [1.82, 2.24) is 14.6 Å². The van der Waals surface area contributed by atoms with E-state index in [4.69, 9.17) is 11.6 Å². The highest BCUT2D eigenvalue weighted by Crippen LogP contribution is 2.23. The molecule has 0 bridgehead atoms. The number of halogens is 1. The lowest BCUT2D eigenvalue weighted by Crippen LogP contribution is -2.22. The number of amides is 1. The van der Waals surface area contributed by atoms with Crippen molar-refractivity contribution in [2.24, 2.45) is 0 Å². The van der Waals surface area contributed by atoms with Gasteiger partial charge >= 0.3 is 0 Å². The third-order valence-electron chi connectivity index (χ3n) is 2.78. The molecular formula is C13H14ClN3O3S2. The maximum Gasteiger partial charge on any atom is 0.253 e. The number of rotatable bonds is 5. The predicted molar refractivity (Wildman–Crippen MR) is 85.6 cm³/mol. The van der Waals surface area contributed by atoms with Gasteiger partial charge in [-0.1, -0.05) is 11.6 Å². The number of hydrogen-bond donors (Lipinski definition) is 1. The zero-order valence-electron chi connectivity index (χ0n) is 11.9. The number of pyridine rings is 1. The number of thiophene rings is 1. The Labute approximate surface area is 137 Å². The van der Waals surface area contributed by atoms with E-state index >= 15 is 0 Å². The van der Waals surface area contributed by atoms with E-state index in [2.05, 4.69) is 10.3 Å². The van der Waals surface area contributed by atoms with Crippen LogP contribution in [0.15, 0.2) is 34.7 Å². The van der Waals surface area contributed by atoms with Crippen LogP contribution in [0.25, 0.3) is 0 Å². The van der Waals surface area contributed by atoms with Gasteiger partial charge in [0, 0.05) is 25.2 Å². The van der Waals surface area contributed by atoms with Crippen LogP contribution < -0.4 is 5.32 Å². The Balaban J connectivity index is 2.02. The summed E-state index contributed by atoms with van der Waals surface area (Å²) in [6, 6.07) is 6.32. The molecular weight excluding hydrogens is 346 g/mol. The maximum atomic E-state index is 12.0. The quantitative estimate of drug-likeness (QED) is 0.828. The van der Waals surface area contributed by atoms with Crippen LogP contribution in [0.3, 0.4) is 0 Å². The predicted octanol–water partition coefficient (Wildman–Crippen LogP) is 1.98. The standard InChI is InChI=1S/C13H14ClN3O3S2/c1-17(2)22(19,20)12-6-4-10(21-12)8-16-13(18)9-3-5-11(14)15-7-9/h3-7H,8H2,1-2H3,(H,16,18). The van der Waals surface area contributed by atoms with Gasteiger partial charge in [-0.15, -0.1) is 11.3 Å². The second kappa shape index (κ2) is 6.74. The third-order valence-corrected chi connectivity index (χ3v) is 6.38. The fourth-order valence-electron chi connectivity index (χ4n) is 1.55. The molecule has 1 amide bonds. The maximum absolute atomic E-state index is 12.0. The van der Waals surface area contributed by atoms with Crippen molar-refractivity contribution in [3.8, 4) is 0 Å². The number of aromatic nitrogens is 1. The number of nitrogens with one attached hydrogen (secondary N) is 1. The minimum atomic E-state index is -3.44. The number of carbonyl (C=O) groups excluding carboxylic acids is 1. The number of carbonyl (C=O) groups is 1. The normalized spacial score (nSPS) is 11.6. The van der Waals surface area contributed by atoms with E-state index in [0.717, 1.165) is 20.5 Å². The molecule has 9 heteroatoms. The summed E-state index contributed by atoms with van der Waals surface area (Å²) in [5, 5.41) is 3.02. The Morgan fingerprint density at radius 1 is 1.32 bits per heavy atom. The molecule has 2 aromatic heterocycles. The Hall–Kier alpha value is -1.48. The van der Waals surface area contributed by atoms with E-state index in [0.29, 0.717) is 10.7 Å². The summed E-state index contributed by atoms with van der Waals surface area (Å²) in [6.07, 6.45) is 1.38. The molecule has 1 N–H and O–H groups in total. The Bertz CT molecular complexity index is 770. The zero-order chi connectivity index (χ0) is 16.3. The molecule has 118 valence electrons.